The smallest absolute Gasteiger partial charge is 0.162 e. The highest BCUT2D eigenvalue weighted by Gasteiger charge is 2.01. The van der Waals surface area contributed by atoms with E-state index in [0.29, 0.717) is 6.42 Å². The van der Waals surface area contributed by atoms with Crippen LogP contribution in [0.4, 0.5) is 0 Å². The Morgan fingerprint density at radius 2 is 1.92 bits per heavy atom. The van der Waals surface area contributed by atoms with E-state index in [1.54, 1.807) is 11.8 Å². The van der Waals surface area contributed by atoms with Crippen LogP contribution in [-0.4, -0.2) is 12.0 Å². The quantitative estimate of drug-likeness (QED) is 0.685. The van der Waals surface area contributed by atoms with Crippen LogP contribution >= 0.6 is 11.8 Å². The summed E-state index contributed by atoms with van der Waals surface area (Å²) < 4.78 is 0. The Balaban J connectivity index is 2.75. The molecule has 2 heteroatoms. The first kappa shape index (κ1) is 10.3. The van der Waals surface area contributed by atoms with Crippen LogP contribution < -0.4 is 0 Å². The molecule has 0 unspecified atom stereocenters. The minimum atomic E-state index is 0.218. The normalized spacial score (nSPS) is 10.0. The maximum Gasteiger partial charge on any atom is 0.162 e. The van der Waals surface area contributed by atoms with Gasteiger partial charge in [0, 0.05) is 17.7 Å². The van der Waals surface area contributed by atoms with Gasteiger partial charge in [0.05, 0.1) is 0 Å². The second-order valence-corrected chi connectivity index (χ2v) is 3.77. The largest absolute Gasteiger partial charge is 0.294 e. The third kappa shape index (κ3) is 2.88. The van der Waals surface area contributed by atoms with Crippen LogP contribution in [0.5, 0.6) is 0 Å². The highest BCUT2D eigenvalue weighted by molar-refractivity contribution is 7.97. The third-order valence-corrected chi connectivity index (χ3v) is 2.53. The van der Waals surface area contributed by atoms with E-state index in [2.05, 4.69) is 6.26 Å². The topological polar surface area (TPSA) is 17.1 Å². The van der Waals surface area contributed by atoms with Crippen LogP contribution in [0.3, 0.4) is 0 Å². The molecule has 0 aliphatic rings. The van der Waals surface area contributed by atoms with Crippen LogP contribution in [0.1, 0.15) is 29.3 Å². The van der Waals surface area contributed by atoms with Crippen molar-refractivity contribution in [2.75, 3.05) is 6.26 Å². The molecule has 0 heterocycles. The van der Waals surface area contributed by atoms with Crippen molar-refractivity contribution in [3.8, 4) is 0 Å². The lowest BCUT2D eigenvalue weighted by Gasteiger charge is -2.00. The fourth-order valence-electron chi connectivity index (χ4n) is 1.16. The van der Waals surface area contributed by atoms with Gasteiger partial charge >= 0.3 is 0 Å². The Morgan fingerprint density at radius 1 is 1.31 bits per heavy atom. The first-order valence-electron chi connectivity index (χ1n) is 4.39. The standard InChI is InChI=1S/C11H14OS/c1-3-11(12)10-6-4-9(5-7-10)8-13-2/h4-7H,3,8H2,1-2H3. The van der Waals surface area contributed by atoms with Crippen LogP contribution in [0.15, 0.2) is 24.3 Å². The molecule has 0 radical (unpaired) electrons. The zero-order valence-corrected chi connectivity index (χ0v) is 8.86. The molecule has 0 fully saturated rings. The predicted octanol–water partition coefficient (Wildman–Crippen LogP) is 3.14. The van der Waals surface area contributed by atoms with Crippen molar-refractivity contribution >= 4 is 17.5 Å². The van der Waals surface area contributed by atoms with Crippen molar-refractivity contribution in [3.63, 3.8) is 0 Å². The maximum atomic E-state index is 11.3. The summed E-state index contributed by atoms with van der Waals surface area (Å²) in [5, 5.41) is 0. The zero-order chi connectivity index (χ0) is 9.68. The van der Waals surface area contributed by atoms with E-state index in [1.807, 2.05) is 31.2 Å². The monoisotopic (exact) mass is 194 g/mol. The van der Waals surface area contributed by atoms with Crippen LogP contribution in [0, 0.1) is 0 Å². The van der Waals surface area contributed by atoms with E-state index in [1.165, 1.54) is 5.56 Å². The fraction of sp³-hybridized carbons (Fsp3) is 0.364. The number of Topliss-reactive ketones (excluding diaryl/α,β-unsaturated/α-hetero) is 1. The summed E-state index contributed by atoms with van der Waals surface area (Å²) in [6, 6.07) is 7.88. The Hall–Kier alpha value is -0.760. The van der Waals surface area contributed by atoms with Crippen molar-refractivity contribution in [2.24, 2.45) is 0 Å². The Labute approximate surface area is 83.5 Å². The lowest BCUT2D eigenvalue weighted by atomic mass is 10.1. The van der Waals surface area contributed by atoms with Gasteiger partial charge in [-0.05, 0) is 11.8 Å². The molecule has 0 bridgehead atoms. The van der Waals surface area contributed by atoms with Gasteiger partial charge in [-0.2, -0.15) is 11.8 Å². The van der Waals surface area contributed by atoms with Crippen molar-refractivity contribution < 1.29 is 4.79 Å². The predicted molar refractivity (Wildman–Crippen MR) is 58.3 cm³/mol. The number of rotatable bonds is 4. The molecule has 0 aliphatic carbocycles. The van der Waals surface area contributed by atoms with E-state index < -0.39 is 0 Å². The van der Waals surface area contributed by atoms with Gasteiger partial charge in [0.1, 0.15) is 0 Å². The minimum absolute atomic E-state index is 0.218. The van der Waals surface area contributed by atoms with E-state index in [0.717, 1.165) is 11.3 Å². The van der Waals surface area contributed by atoms with Crippen LogP contribution in [0.25, 0.3) is 0 Å². The van der Waals surface area contributed by atoms with Gasteiger partial charge < -0.3 is 0 Å². The van der Waals surface area contributed by atoms with Crippen molar-refractivity contribution in [3.05, 3.63) is 35.4 Å². The molecule has 0 N–H and O–H groups in total. The molecule has 0 amide bonds. The van der Waals surface area contributed by atoms with Crippen molar-refractivity contribution in [1.29, 1.82) is 0 Å². The Morgan fingerprint density at radius 3 is 2.38 bits per heavy atom. The SMILES string of the molecule is CCC(=O)c1ccc(CSC)cc1. The van der Waals surface area contributed by atoms with Gasteiger partial charge in [0.25, 0.3) is 0 Å². The Bertz CT molecular complexity index is 277. The number of thioether (sulfide) groups is 1. The molecule has 0 saturated heterocycles. The van der Waals surface area contributed by atoms with Crippen molar-refractivity contribution in [2.45, 2.75) is 19.1 Å². The summed E-state index contributed by atoms with van der Waals surface area (Å²) in [5.74, 6) is 1.23. The zero-order valence-electron chi connectivity index (χ0n) is 8.04. The molecule has 13 heavy (non-hydrogen) atoms. The number of hydrogen-bond acceptors (Lipinski definition) is 2. The van der Waals surface area contributed by atoms with Gasteiger partial charge in [0.15, 0.2) is 5.78 Å². The molecule has 0 aliphatic heterocycles. The molecule has 0 atom stereocenters. The molecular weight excluding hydrogens is 180 g/mol. The highest BCUT2D eigenvalue weighted by atomic mass is 32.2. The minimum Gasteiger partial charge on any atom is -0.294 e. The average molecular weight is 194 g/mol. The number of ketones is 1. The van der Waals surface area contributed by atoms with Crippen LogP contribution in [-0.2, 0) is 5.75 Å². The Kier molecular flexibility index (Phi) is 4.03. The molecule has 0 spiro atoms. The molecule has 0 saturated carbocycles. The first-order valence-corrected chi connectivity index (χ1v) is 5.78. The summed E-state index contributed by atoms with van der Waals surface area (Å²) in [6.07, 6.45) is 2.66. The molecule has 1 aromatic carbocycles. The number of carbonyl (C=O) groups excluding carboxylic acids is 1. The molecule has 1 aromatic rings. The maximum absolute atomic E-state index is 11.3. The van der Waals surface area contributed by atoms with Crippen molar-refractivity contribution in [1.82, 2.24) is 0 Å². The second-order valence-electron chi connectivity index (χ2n) is 2.91. The van der Waals surface area contributed by atoms with Crippen LogP contribution in [0.2, 0.25) is 0 Å². The number of benzene rings is 1. The van der Waals surface area contributed by atoms with E-state index >= 15 is 0 Å². The lowest BCUT2D eigenvalue weighted by molar-refractivity contribution is 0.0988. The lowest BCUT2D eigenvalue weighted by Crippen LogP contribution is -1.95. The summed E-state index contributed by atoms with van der Waals surface area (Å²) in [6.45, 7) is 1.89. The average Bonchev–Trinajstić information content (AvgIpc) is 2.18. The molecular formula is C11H14OS. The van der Waals surface area contributed by atoms with Gasteiger partial charge in [-0.25, -0.2) is 0 Å². The number of carbonyl (C=O) groups is 1. The van der Waals surface area contributed by atoms with E-state index in [-0.39, 0.29) is 5.78 Å². The third-order valence-electron chi connectivity index (χ3n) is 1.91. The fourth-order valence-corrected chi connectivity index (χ4v) is 1.68. The summed E-state index contributed by atoms with van der Waals surface area (Å²) in [7, 11) is 0. The second kappa shape index (κ2) is 5.07. The molecule has 70 valence electrons. The van der Waals surface area contributed by atoms with Gasteiger partial charge in [0.2, 0.25) is 0 Å². The highest BCUT2D eigenvalue weighted by Crippen LogP contribution is 2.11. The molecule has 1 rings (SSSR count). The summed E-state index contributed by atoms with van der Waals surface area (Å²) >= 11 is 1.79. The number of hydrogen-bond donors (Lipinski definition) is 0. The first-order chi connectivity index (χ1) is 6.27. The van der Waals surface area contributed by atoms with E-state index in [9.17, 15) is 4.79 Å². The van der Waals surface area contributed by atoms with Gasteiger partial charge in [-0.15, -0.1) is 0 Å². The van der Waals surface area contributed by atoms with Gasteiger partial charge in [-0.1, -0.05) is 31.2 Å². The summed E-state index contributed by atoms with van der Waals surface area (Å²) in [5.41, 5.74) is 2.10. The molecule has 0 aromatic heterocycles. The summed E-state index contributed by atoms with van der Waals surface area (Å²) in [4.78, 5) is 11.3. The molecule has 1 nitrogen and oxygen atoms in total. The van der Waals surface area contributed by atoms with E-state index in [4.69, 9.17) is 0 Å². The van der Waals surface area contributed by atoms with Gasteiger partial charge in [-0.3, -0.25) is 4.79 Å².